The lowest BCUT2D eigenvalue weighted by Crippen LogP contribution is -2.31. The maximum atomic E-state index is 11.8. The van der Waals surface area contributed by atoms with Gasteiger partial charge in [-0.3, -0.25) is 4.79 Å². The molecule has 2 N–H and O–H groups in total. The van der Waals surface area contributed by atoms with E-state index in [1.54, 1.807) is 0 Å². The monoisotopic (exact) mass is 380 g/mol. The molecular formula is C22H24N2O4. The first kappa shape index (κ1) is 19.5. The highest BCUT2D eigenvalue weighted by molar-refractivity contribution is 5.83. The molecule has 1 heterocycles. The van der Waals surface area contributed by atoms with E-state index in [0.717, 1.165) is 22.9 Å². The molecule has 6 nitrogen and oxygen atoms in total. The number of fused-ring (bicyclic) bond motifs is 1. The van der Waals surface area contributed by atoms with Crippen LogP contribution in [-0.2, 0) is 27.2 Å². The summed E-state index contributed by atoms with van der Waals surface area (Å²) in [5, 5.41) is 3.90. The number of amides is 1. The Morgan fingerprint density at radius 2 is 1.82 bits per heavy atom. The van der Waals surface area contributed by atoms with Gasteiger partial charge in [0.15, 0.2) is 13.2 Å². The normalized spacial score (nSPS) is 10.6. The van der Waals surface area contributed by atoms with Crippen molar-refractivity contribution >= 4 is 22.8 Å². The van der Waals surface area contributed by atoms with Crippen LogP contribution in [0.5, 0.6) is 5.75 Å². The molecule has 3 aromatic rings. The number of ether oxygens (including phenoxy) is 2. The van der Waals surface area contributed by atoms with Gasteiger partial charge in [0.05, 0.1) is 0 Å². The van der Waals surface area contributed by atoms with Crippen molar-refractivity contribution in [3.8, 4) is 5.75 Å². The highest BCUT2D eigenvalue weighted by Crippen LogP contribution is 2.17. The molecule has 0 fully saturated rings. The molecule has 0 bridgehead atoms. The van der Waals surface area contributed by atoms with E-state index < -0.39 is 5.97 Å². The second-order valence-electron chi connectivity index (χ2n) is 6.41. The average Bonchev–Trinajstić information content (AvgIpc) is 3.14. The molecule has 0 aliphatic heterocycles. The van der Waals surface area contributed by atoms with Crippen LogP contribution in [-0.4, -0.2) is 36.6 Å². The molecule has 0 saturated carbocycles. The van der Waals surface area contributed by atoms with Crippen LogP contribution in [0.2, 0.25) is 0 Å². The molecule has 0 aliphatic carbocycles. The molecule has 146 valence electrons. The number of aromatic amines is 1. The summed E-state index contributed by atoms with van der Waals surface area (Å²) in [6.45, 7) is 2.00. The van der Waals surface area contributed by atoms with Crippen molar-refractivity contribution < 1.29 is 19.1 Å². The molecule has 2 aromatic carbocycles. The third-order valence-electron chi connectivity index (χ3n) is 4.44. The molecule has 0 saturated heterocycles. The number of carbonyl (C=O) groups is 2. The highest BCUT2D eigenvalue weighted by atomic mass is 16.6. The highest BCUT2D eigenvalue weighted by Gasteiger charge is 2.09. The Kier molecular flexibility index (Phi) is 6.68. The number of esters is 1. The zero-order chi connectivity index (χ0) is 19.8. The van der Waals surface area contributed by atoms with Crippen molar-refractivity contribution in [3.63, 3.8) is 0 Å². The van der Waals surface area contributed by atoms with Crippen molar-refractivity contribution in [2.75, 3.05) is 19.8 Å². The Labute approximate surface area is 163 Å². The molecule has 6 heteroatoms. The van der Waals surface area contributed by atoms with Crippen LogP contribution in [0, 0.1) is 0 Å². The summed E-state index contributed by atoms with van der Waals surface area (Å²) in [6, 6.07) is 15.5. The molecule has 1 amide bonds. The van der Waals surface area contributed by atoms with Gasteiger partial charge in [-0.2, -0.15) is 0 Å². The first-order valence-electron chi connectivity index (χ1n) is 9.34. The molecule has 0 spiro atoms. The van der Waals surface area contributed by atoms with Gasteiger partial charge >= 0.3 is 5.97 Å². The van der Waals surface area contributed by atoms with E-state index in [1.807, 2.05) is 54.7 Å². The van der Waals surface area contributed by atoms with Crippen LogP contribution in [0.1, 0.15) is 18.1 Å². The lowest BCUT2D eigenvalue weighted by Gasteiger charge is -2.08. The van der Waals surface area contributed by atoms with Crippen molar-refractivity contribution in [1.82, 2.24) is 10.3 Å². The van der Waals surface area contributed by atoms with Crippen molar-refractivity contribution in [2.24, 2.45) is 0 Å². The zero-order valence-corrected chi connectivity index (χ0v) is 15.9. The Balaban J connectivity index is 1.33. The first-order chi connectivity index (χ1) is 13.7. The van der Waals surface area contributed by atoms with Crippen LogP contribution in [0.15, 0.2) is 54.7 Å². The van der Waals surface area contributed by atoms with E-state index in [2.05, 4.69) is 17.2 Å². The van der Waals surface area contributed by atoms with Gasteiger partial charge in [-0.25, -0.2) is 4.79 Å². The first-order valence-corrected chi connectivity index (χ1v) is 9.34. The van der Waals surface area contributed by atoms with Crippen LogP contribution in [0.4, 0.5) is 0 Å². The fourth-order valence-electron chi connectivity index (χ4n) is 2.88. The second-order valence-corrected chi connectivity index (χ2v) is 6.41. The fraction of sp³-hybridized carbons (Fsp3) is 0.273. The molecule has 3 rings (SSSR count). The Morgan fingerprint density at radius 1 is 1.04 bits per heavy atom. The minimum absolute atomic E-state index is 0.228. The minimum atomic E-state index is -0.577. The van der Waals surface area contributed by atoms with Crippen LogP contribution in [0.3, 0.4) is 0 Å². The summed E-state index contributed by atoms with van der Waals surface area (Å²) in [6.07, 6.45) is 3.58. The predicted molar refractivity (Wildman–Crippen MR) is 107 cm³/mol. The van der Waals surface area contributed by atoms with Crippen LogP contribution >= 0.6 is 0 Å². The summed E-state index contributed by atoms with van der Waals surface area (Å²) in [5.41, 5.74) is 3.40. The average molecular weight is 380 g/mol. The maximum absolute atomic E-state index is 11.8. The zero-order valence-electron chi connectivity index (χ0n) is 15.9. The van der Waals surface area contributed by atoms with E-state index in [0.29, 0.717) is 18.7 Å². The number of carbonyl (C=O) groups excluding carboxylic acids is 2. The Hall–Kier alpha value is -3.28. The number of benzene rings is 2. The minimum Gasteiger partial charge on any atom is -0.482 e. The van der Waals surface area contributed by atoms with Gasteiger partial charge in [-0.05, 0) is 42.2 Å². The number of hydrogen-bond donors (Lipinski definition) is 2. The van der Waals surface area contributed by atoms with E-state index in [4.69, 9.17) is 9.47 Å². The molecule has 0 unspecified atom stereocenters. The standard InChI is InChI=1S/C22H24N2O4/c1-2-16-7-9-18(10-8-16)27-15-22(26)28-14-21(25)23-12-11-17-13-24-20-6-4-3-5-19(17)20/h3-10,13,24H,2,11-12,14-15H2,1H3,(H,23,25). The number of nitrogens with one attached hydrogen (secondary N) is 2. The number of aryl methyl sites for hydroxylation is 1. The van der Waals surface area contributed by atoms with Gasteiger partial charge in [0, 0.05) is 23.6 Å². The van der Waals surface area contributed by atoms with Gasteiger partial charge in [-0.15, -0.1) is 0 Å². The summed E-state index contributed by atoms with van der Waals surface area (Å²) >= 11 is 0. The lowest BCUT2D eigenvalue weighted by molar-refractivity contribution is -0.150. The molecular weight excluding hydrogens is 356 g/mol. The number of para-hydroxylation sites is 1. The van der Waals surface area contributed by atoms with Gasteiger partial charge in [0.25, 0.3) is 5.91 Å². The molecule has 0 radical (unpaired) electrons. The molecule has 0 aliphatic rings. The van der Waals surface area contributed by atoms with Gasteiger partial charge < -0.3 is 19.8 Å². The number of H-pyrrole nitrogens is 1. The van der Waals surface area contributed by atoms with E-state index in [1.165, 1.54) is 5.56 Å². The summed E-state index contributed by atoms with van der Waals surface area (Å²) in [7, 11) is 0. The van der Waals surface area contributed by atoms with Gasteiger partial charge in [0.2, 0.25) is 0 Å². The largest absolute Gasteiger partial charge is 0.482 e. The molecule has 28 heavy (non-hydrogen) atoms. The Morgan fingerprint density at radius 3 is 2.61 bits per heavy atom. The predicted octanol–water partition coefficient (Wildman–Crippen LogP) is 3.01. The van der Waals surface area contributed by atoms with Crippen molar-refractivity contribution in [1.29, 1.82) is 0 Å². The third-order valence-corrected chi connectivity index (χ3v) is 4.44. The summed E-state index contributed by atoms with van der Waals surface area (Å²) in [4.78, 5) is 26.8. The number of hydrogen-bond acceptors (Lipinski definition) is 4. The quantitative estimate of drug-likeness (QED) is 0.559. The van der Waals surface area contributed by atoms with Crippen molar-refractivity contribution in [3.05, 3.63) is 65.9 Å². The van der Waals surface area contributed by atoms with E-state index in [-0.39, 0.29) is 19.1 Å². The van der Waals surface area contributed by atoms with Crippen molar-refractivity contribution in [2.45, 2.75) is 19.8 Å². The second kappa shape index (κ2) is 9.60. The van der Waals surface area contributed by atoms with Crippen LogP contribution < -0.4 is 10.1 Å². The molecule has 1 aromatic heterocycles. The van der Waals surface area contributed by atoms with Gasteiger partial charge in [0.1, 0.15) is 5.75 Å². The Bertz CT molecular complexity index is 931. The smallest absolute Gasteiger partial charge is 0.344 e. The SMILES string of the molecule is CCc1ccc(OCC(=O)OCC(=O)NCCc2c[nH]c3ccccc23)cc1. The summed E-state index contributed by atoms with van der Waals surface area (Å²) in [5.74, 6) is -0.316. The van der Waals surface area contributed by atoms with Gasteiger partial charge in [-0.1, -0.05) is 37.3 Å². The van der Waals surface area contributed by atoms with E-state index >= 15 is 0 Å². The number of rotatable bonds is 9. The summed E-state index contributed by atoms with van der Waals surface area (Å²) < 4.78 is 10.3. The third kappa shape index (κ3) is 5.36. The topological polar surface area (TPSA) is 80.4 Å². The van der Waals surface area contributed by atoms with Crippen LogP contribution in [0.25, 0.3) is 10.9 Å². The fourth-order valence-corrected chi connectivity index (χ4v) is 2.88. The van der Waals surface area contributed by atoms with E-state index in [9.17, 15) is 9.59 Å². The maximum Gasteiger partial charge on any atom is 0.344 e. The molecule has 0 atom stereocenters. The number of aromatic nitrogens is 1. The lowest BCUT2D eigenvalue weighted by atomic mass is 10.1.